The van der Waals surface area contributed by atoms with Crippen molar-refractivity contribution in [2.24, 2.45) is 11.7 Å². The van der Waals surface area contributed by atoms with E-state index < -0.39 is 0 Å². The number of piperidine rings is 1. The second-order valence-corrected chi connectivity index (χ2v) is 6.51. The van der Waals surface area contributed by atoms with Crippen LogP contribution in [0.25, 0.3) is 10.9 Å². The number of nitrogens with two attached hydrogens (primary N) is 1. The fourth-order valence-electron chi connectivity index (χ4n) is 3.81. The van der Waals surface area contributed by atoms with Gasteiger partial charge >= 0.3 is 6.09 Å². The maximum absolute atomic E-state index is 11.9. The minimum Gasteiger partial charge on any atom is -0.453 e. The number of hydrogen-bond acceptors (Lipinski definition) is 5. The summed E-state index contributed by atoms with van der Waals surface area (Å²) in [4.78, 5) is 22.8. The van der Waals surface area contributed by atoms with Gasteiger partial charge in [-0.2, -0.15) is 0 Å². The average molecular weight is 312 g/mol. The van der Waals surface area contributed by atoms with Gasteiger partial charge in [-0.05, 0) is 37.0 Å². The maximum atomic E-state index is 11.9. The molecule has 23 heavy (non-hydrogen) atoms. The Kier molecular flexibility index (Phi) is 3.23. The number of aromatic nitrogens is 2. The highest BCUT2D eigenvalue weighted by molar-refractivity contribution is 5.78. The van der Waals surface area contributed by atoms with Crippen LogP contribution in [0, 0.1) is 5.92 Å². The molecule has 0 bridgehead atoms. The van der Waals surface area contributed by atoms with Crippen molar-refractivity contribution in [3.05, 3.63) is 35.8 Å². The summed E-state index contributed by atoms with van der Waals surface area (Å²) in [5.41, 5.74) is 8.50. The van der Waals surface area contributed by atoms with Crippen LogP contribution in [0.1, 0.15) is 24.2 Å². The van der Waals surface area contributed by atoms with E-state index in [1.54, 1.807) is 4.90 Å². The number of pyridine rings is 2. The third-order valence-electron chi connectivity index (χ3n) is 5.23. The molecule has 2 aromatic rings. The number of amides is 1. The molecule has 0 aromatic carbocycles. The van der Waals surface area contributed by atoms with Gasteiger partial charge in [0.05, 0.1) is 18.3 Å². The zero-order valence-corrected chi connectivity index (χ0v) is 13.2. The number of likely N-dealkylation sites (tertiary alicyclic amines) is 1. The topological polar surface area (TPSA) is 81.3 Å². The van der Waals surface area contributed by atoms with Crippen LogP contribution in [-0.4, -0.2) is 41.2 Å². The Morgan fingerprint density at radius 3 is 3.17 bits per heavy atom. The van der Waals surface area contributed by atoms with Crippen molar-refractivity contribution in [3.63, 3.8) is 0 Å². The Morgan fingerprint density at radius 2 is 2.39 bits per heavy atom. The third-order valence-corrected chi connectivity index (χ3v) is 5.23. The van der Waals surface area contributed by atoms with Crippen LogP contribution in [0.3, 0.4) is 0 Å². The molecule has 2 fully saturated rings. The molecular weight excluding hydrogens is 292 g/mol. The number of nitrogens with zero attached hydrogens (tertiary/aromatic N) is 3. The third kappa shape index (κ3) is 2.25. The number of rotatable bonds is 2. The van der Waals surface area contributed by atoms with Crippen molar-refractivity contribution in [2.75, 3.05) is 20.2 Å². The quantitative estimate of drug-likeness (QED) is 0.914. The molecule has 2 atom stereocenters. The van der Waals surface area contributed by atoms with E-state index in [2.05, 4.69) is 17.1 Å². The van der Waals surface area contributed by atoms with Crippen molar-refractivity contribution >= 4 is 17.0 Å². The number of carbonyl (C=O) groups excluding carboxylic acids is 1. The van der Waals surface area contributed by atoms with Gasteiger partial charge in [-0.25, -0.2) is 4.79 Å². The molecule has 6 heteroatoms. The monoisotopic (exact) mass is 312 g/mol. The molecule has 1 saturated heterocycles. The van der Waals surface area contributed by atoms with E-state index >= 15 is 0 Å². The molecule has 3 heterocycles. The van der Waals surface area contributed by atoms with Crippen LogP contribution in [0.4, 0.5) is 4.79 Å². The molecular formula is C17H20N4O2. The van der Waals surface area contributed by atoms with Gasteiger partial charge in [-0.3, -0.25) is 9.97 Å². The minimum absolute atomic E-state index is 0.00716. The van der Waals surface area contributed by atoms with Gasteiger partial charge in [0.1, 0.15) is 0 Å². The van der Waals surface area contributed by atoms with Gasteiger partial charge in [0.25, 0.3) is 0 Å². The lowest BCUT2D eigenvalue weighted by Gasteiger charge is -2.31. The first-order valence-electron chi connectivity index (χ1n) is 7.95. The summed E-state index contributed by atoms with van der Waals surface area (Å²) in [6.45, 7) is 1.87. The van der Waals surface area contributed by atoms with E-state index in [4.69, 9.17) is 15.5 Å². The zero-order chi connectivity index (χ0) is 16.0. The number of methoxy groups -OCH3 is 1. The van der Waals surface area contributed by atoms with Gasteiger partial charge in [0, 0.05) is 42.3 Å². The standard InChI is InChI=1S/C17H20N4O2/c1-23-16(22)21-5-4-12-7-17(12,10-21)15-3-2-11-9-19-13(8-18)6-14(11)20-15/h2-3,6,9,12H,4-5,7-8,10,18H2,1H3. The summed E-state index contributed by atoms with van der Waals surface area (Å²) in [6.07, 6.45) is 3.68. The minimum atomic E-state index is -0.245. The van der Waals surface area contributed by atoms with E-state index in [1.807, 2.05) is 12.3 Å². The highest BCUT2D eigenvalue weighted by Crippen LogP contribution is 2.58. The van der Waals surface area contributed by atoms with Gasteiger partial charge in [-0.1, -0.05) is 0 Å². The molecule has 1 amide bonds. The van der Waals surface area contributed by atoms with Crippen molar-refractivity contribution < 1.29 is 9.53 Å². The number of ether oxygens (including phenoxy) is 1. The normalized spacial score (nSPS) is 26.0. The van der Waals surface area contributed by atoms with E-state index in [0.717, 1.165) is 41.7 Å². The lowest BCUT2D eigenvalue weighted by atomic mass is 9.92. The van der Waals surface area contributed by atoms with Crippen LogP contribution < -0.4 is 5.73 Å². The lowest BCUT2D eigenvalue weighted by molar-refractivity contribution is 0.109. The smallest absolute Gasteiger partial charge is 0.409 e. The highest BCUT2D eigenvalue weighted by atomic mass is 16.5. The van der Waals surface area contributed by atoms with Crippen LogP contribution in [0.2, 0.25) is 0 Å². The Morgan fingerprint density at radius 1 is 1.52 bits per heavy atom. The summed E-state index contributed by atoms with van der Waals surface area (Å²) in [5.74, 6) is 0.615. The second-order valence-electron chi connectivity index (χ2n) is 6.51. The Hall–Kier alpha value is -2.21. The first-order valence-corrected chi connectivity index (χ1v) is 7.95. The molecule has 2 unspecified atom stereocenters. The lowest BCUT2D eigenvalue weighted by Crippen LogP contribution is -2.42. The Bertz CT molecular complexity index is 778. The Labute approximate surface area is 134 Å². The van der Waals surface area contributed by atoms with Crippen LogP contribution in [0.5, 0.6) is 0 Å². The molecule has 2 aromatic heterocycles. The fourth-order valence-corrected chi connectivity index (χ4v) is 3.81. The number of carbonyl (C=O) groups is 1. The van der Waals surface area contributed by atoms with Crippen LogP contribution >= 0.6 is 0 Å². The van der Waals surface area contributed by atoms with E-state index in [-0.39, 0.29) is 11.5 Å². The fraction of sp³-hybridized carbons (Fsp3) is 0.471. The molecule has 2 aliphatic rings. The van der Waals surface area contributed by atoms with Crippen LogP contribution in [0.15, 0.2) is 24.4 Å². The molecule has 4 rings (SSSR count). The number of fused-ring (bicyclic) bond motifs is 2. The molecule has 0 spiro atoms. The molecule has 120 valence electrons. The summed E-state index contributed by atoms with van der Waals surface area (Å²) in [7, 11) is 1.43. The Balaban J connectivity index is 1.69. The predicted molar refractivity (Wildman–Crippen MR) is 85.8 cm³/mol. The molecule has 1 aliphatic heterocycles. The summed E-state index contributed by atoms with van der Waals surface area (Å²) in [6, 6.07) is 6.09. The van der Waals surface area contributed by atoms with Gasteiger partial charge in [-0.15, -0.1) is 0 Å². The highest BCUT2D eigenvalue weighted by Gasteiger charge is 2.59. The van der Waals surface area contributed by atoms with Crippen LogP contribution in [-0.2, 0) is 16.7 Å². The van der Waals surface area contributed by atoms with Crippen molar-refractivity contribution in [2.45, 2.75) is 24.8 Å². The van der Waals surface area contributed by atoms with Gasteiger partial charge < -0.3 is 15.4 Å². The molecule has 1 aliphatic carbocycles. The predicted octanol–water partition coefficient (Wildman–Crippen LogP) is 1.82. The van der Waals surface area contributed by atoms with E-state index in [0.29, 0.717) is 19.0 Å². The van der Waals surface area contributed by atoms with Crippen molar-refractivity contribution in [1.82, 2.24) is 14.9 Å². The molecule has 6 nitrogen and oxygen atoms in total. The zero-order valence-electron chi connectivity index (χ0n) is 13.2. The first-order chi connectivity index (χ1) is 11.2. The van der Waals surface area contributed by atoms with E-state index in [9.17, 15) is 4.79 Å². The number of hydrogen-bond donors (Lipinski definition) is 1. The molecule has 2 N–H and O–H groups in total. The summed E-state index contributed by atoms with van der Waals surface area (Å²) >= 11 is 0. The van der Waals surface area contributed by atoms with Crippen molar-refractivity contribution in [1.29, 1.82) is 0 Å². The largest absolute Gasteiger partial charge is 0.453 e. The maximum Gasteiger partial charge on any atom is 0.409 e. The molecule has 0 radical (unpaired) electrons. The second kappa shape index (κ2) is 5.16. The molecule has 1 saturated carbocycles. The average Bonchev–Trinajstić information content (AvgIpc) is 3.35. The summed E-state index contributed by atoms with van der Waals surface area (Å²) < 4.78 is 4.88. The van der Waals surface area contributed by atoms with Gasteiger partial charge in [0.15, 0.2) is 0 Å². The van der Waals surface area contributed by atoms with E-state index in [1.165, 1.54) is 7.11 Å². The van der Waals surface area contributed by atoms with Crippen molar-refractivity contribution in [3.8, 4) is 0 Å². The SMILES string of the molecule is COC(=O)N1CCC2CC2(c2ccc3cnc(CN)cc3n2)C1. The van der Waals surface area contributed by atoms with Gasteiger partial charge in [0.2, 0.25) is 0 Å². The first kappa shape index (κ1) is 14.4. The summed E-state index contributed by atoms with van der Waals surface area (Å²) in [5, 5.41) is 1.01.